The molecule has 0 spiro atoms. The van der Waals surface area contributed by atoms with Gasteiger partial charge in [0, 0.05) is 56.9 Å². The molecule has 3 N–H and O–H groups in total. The highest BCUT2D eigenvalue weighted by Crippen LogP contribution is 2.30. The van der Waals surface area contributed by atoms with Gasteiger partial charge in [-0.2, -0.15) is 0 Å². The number of fused-ring (bicyclic) bond motifs is 1. The first-order valence-corrected chi connectivity index (χ1v) is 14.3. The Bertz CT molecular complexity index is 1360. The van der Waals surface area contributed by atoms with Crippen LogP contribution < -0.4 is 15.4 Å². The number of β-amino-alcohol motifs (C(OH)–C–C–N with tert-alkyl or cyclic N) is 1. The number of carbonyl (C=O) groups is 2. The number of hydrogen-bond acceptors (Lipinski definition) is 9. The summed E-state index contributed by atoms with van der Waals surface area (Å²) in [6, 6.07) is 9.58. The number of amides is 2. The molecule has 1 atom stereocenters. The molecule has 0 radical (unpaired) electrons. The van der Waals surface area contributed by atoms with Crippen molar-refractivity contribution in [2.24, 2.45) is 5.92 Å². The van der Waals surface area contributed by atoms with Gasteiger partial charge in [0.2, 0.25) is 5.91 Å². The van der Waals surface area contributed by atoms with Crippen LogP contribution in [0.2, 0.25) is 0 Å². The fourth-order valence-corrected chi connectivity index (χ4v) is 5.50. The Morgan fingerprint density at radius 3 is 2.83 bits per heavy atom. The van der Waals surface area contributed by atoms with E-state index in [1.165, 1.54) is 17.5 Å². The molecular weight excluding hydrogens is 524 g/mol. The van der Waals surface area contributed by atoms with Gasteiger partial charge in [0.25, 0.3) is 5.91 Å². The summed E-state index contributed by atoms with van der Waals surface area (Å²) in [4.78, 5) is 37.4. The molecule has 6 rings (SSSR count). The second-order valence-corrected chi connectivity index (χ2v) is 11.2. The van der Waals surface area contributed by atoms with Gasteiger partial charge in [0.1, 0.15) is 18.2 Å². The summed E-state index contributed by atoms with van der Waals surface area (Å²) in [6.07, 6.45) is 7.95. The number of aliphatic hydroxyl groups excluding tert-OH is 1. The number of rotatable bonds is 11. The maximum absolute atomic E-state index is 12.8. The van der Waals surface area contributed by atoms with Crippen LogP contribution in [0, 0.1) is 5.92 Å². The lowest BCUT2D eigenvalue weighted by molar-refractivity contribution is -0.142. The number of pyridine rings is 1. The minimum atomic E-state index is -0.696. The number of benzene rings is 1. The molecule has 216 valence electrons. The van der Waals surface area contributed by atoms with Crippen LogP contribution in [-0.2, 0) is 24.4 Å². The molecule has 1 saturated heterocycles. The predicted molar refractivity (Wildman–Crippen MR) is 150 cm³/mol. The van der Waals surface area contributed by atoms with E-state index in [1.807, 2.05) is 11.0 Å². The highest BCUT2D eigenvalue weighted by atomic mass is 16.5. The van der Waals surface area contributed by atoms with E-state index >= 15 is 0 Å². The third kappa shape index (κ3) is 6.68. The second-order valence-electron chi connectivity index (χ2n) is 11.2. The topological polar surface area (TPSA) is 133 Å². The minimum Gasteiger partial charge on any atom is -0.486 e. The highest BCUT2D eigenvalue weighted by molar-refractivity contribution is 5.94. The molecule has 2 aliphatic heterocycles. The van der Waals surface area contributed by atoms with Crippen molar-refractivity contribution in [3.8, 4) is 5.75 Å². The van der Waals surface area contributed by atoms with Crippen molar-refractivity contribution in [1.29, 1.82) is 0 Å². The monoisotopic (exact) mass is 560 g/mol. The van der Waals surface area contributed by atoms with Crippen LogP contribution in [0.25, 0.3) is 0 Å². The molecule has 0 bridgehead atoms. The van der Waals surface area contributed by atoms with Gasteiger partial charge in [-0.05, 0) is 54.7 Å². The molecule has 0 unspecified atom stereocenters. The average Bonchev–Trinajstić information content (AvgIpc) is 3.45. The van der Waals surface area contributed by atoms with Gasteiger partial charge in [0.15, 0.2) is 12.2 Å². The van der Waals surface area contributed by atoms with Crippen molar-refractivity contribution in [2.75, 3.05) is 38.0 Å². The zero-order valence-corrected chi connectivity index (χ0v) is 23.0. The fourth-order valence-electron chi connectivity index (χ4n) is 5.50. The van der Waals surface area contributed by atoms with Gasteiger partial charge < -0.3 is 29.8 Å². The standard InChI is InChI=1S/C30H36N6O5/c37-25(17-35-9-7-21-10-26(5-4-23(21)14-35)40-18-27-13-31-19-41-27)12-33-29(38)22-6-8-32-28(11-22)34-24-15-36(16-24)30(39)20-2-1-3-20/h4-6,8,10-11,13,19-20,24-25,37H,1-3,7,9,12,14-18H2,(H,32,34)(H,33,38)/t25-/m0/s1. The maximum atomic E-state index is 12.8. The molecule has 2 fully saturated rings. The lowest BCUT2D eigenvalue weighted by atomic mass is 9.83. The lowest BCUT2D eigenvalue weighted by Gasteiger charge is -2.43. The number of likely N-dealkylation sites (tertiary alicyclic amines) is 1. The number of oxazole rings is 1. The number of carbonyl (C=O) groups excluding carboxylic acids is 2. The van der Waals surface area contributed by atoms with Crippen molar-refractivity contribution >= 4 is 17.6 Å². The number of ether oxygens (including phenoxy) is 1. The Kier molecular flexibility index (Phi) is 8.15. The van der Waals surface area contributed by atoms with E-state index in [0.717, 1.165) is 44.5 Å². The van der Waals surface area contributed by atoms with E-state index in [2.05, 4.69) is 37.6 Å². The van der Waals surface area contributed by atoms with Gasteiger partial charge in [-0.3, -0.25) is 14.5 Å². The fraction of sp³-hybridized carbons (Fsp3) is 0.467. The Labute approximate surface area is 238 Å². The lowest BCUT2D eigenvalue weighted by Crippen LogP contribution is -2.59. The second kappa shape index (κ2) is 12.3. The average molecular weight is 561 g/mol. The normalized spacial score (nSPS) is 18.1. The van der Waals surface area contributed by atoms with Gasteiger partial charge in [-0.15, -0.1) is 0 Å². The molecule has 2 aromatic heterocycles. The summed E-state index contributed by atoms with van der Waals surface area (Å²) < 4.78 is 11.0. The van der Waals surface area contributed by atoms with Crippen LogP contribution >= 0.6 is 0 Å². The summed E-state index contributed by atoms with van der Waals surface area (Å²) in [5, 5.41) is 16.8. The van der Waals surface area contributed by atoms with Crippen molar-refractivity contribution in [3.05, 3.63) is 71.6 Å². The van der Waals surface area contributed by atoms with Crippen molar-refractivity contribution in [3.63, 3.8) is 0 Å². The molecule has 1 saturated carbocycles. The van der Waals surface area contributed by atoms with E-state index in [4.69, 9.17) is 9.15 Å². The van der Waals surface area contributed by atoms with Gasteiger partial charge in [-0.25, -0.2) is 9.97 Å². The summed E-state index contributed by atoms with van der Waals surface area (Å²) in [7, 11) is 0. The first-order chi connectivity index (χ1) is 20.0. The zero-order valence-electron chi connectivity index (χ0n) is 23.0. The third-order valence-corrected chi connectivity index (χ3v) is 8.12. The molecule has 1 aromatic carbocycles. The van der Waals surface area contributed by atoms with Crippen LogP contribution in [0.4, 0.5) is 5.82 Å². The maximum Gasteiger partial charge on any atom is 0.251 e. The Morgan fingerprint density at radius 1 is 1.17 bits per heavy atom. The molecular formula is C30H36N6O5. The predicted octanol–water partition coefficient (Wildman–Crippen LogP) is 2.22. The Hall–Kier alpha value is -3.96. The smallest absolute Gasteiger partial charge is 0.251 e. The van der Waals surface area contributed by atoms with E-state index in [0.29, 0.717) is 43.4 Å². The van der Waals surface area contributed by atoms with E-state index in [9.17, 15) is 14.7 Å². The van der Waals surface area contributed by atoms with Crippen LogP contribution in [0.15, 0.2) is 53.5 Å². The SMILES string of the molecule is O=C(NC[C@H](O)CN1CCc2cc(OCc3cnco3)ccc2C1)c1ccnc(NC2CN(C(=O)C3CCC3)C2)c1. The van der Waals surface area contributed by atoms with Crippen molar-refractivity contribution < 1.29 is 23.8 Å². The first kappa shape index (κ1) is 27.2. The molecule has 11 heteroatoms. The van der Waals surface area contributed by atoms with E-state index in [1.54, 1.807) is 24.5 Å². The summed E-state index contributed by atoms with van der Waals surface area (Å²) in [5.74, 6) is 2.30. The van der Waals surface area contributed by atoms with E-state index < -0.39 is 6.10 Å². The number of nitrogens with one attached hydrogen (secondary N) is 2. The minimum absolute atomic E-state index is 0.139. The molecule has 4 heterocycles. The molecule has 3 aromatic rings. The van der Waals surface area contributed by atoms with Crippen LogP contribution in [0.1, 0.15) is 46.5 Å². The third-order valence-electron chi connectivity index (χ3n) is 8.12. The molecule has 11 nitrogen and oxygen atoms in total. The van der Waals surface area contributed by atoms with Crippen LogP contribution in [-0.4, -0.2) is 81.6 Å². The first-order valence-electron chi connectivity index (χ1n) is 14.3. The number of nitrogens with zero attached hydrogens (tertiary/aromatic N) is 4. The van der Waals surface area contributed by atoms with Crippen LogP contribution in [0.3, 0.4) is 0 Å². The summed E-state index contributed by atoms with van der Waals surface area (Å²) in [5.41, 5.74) is 2.92. The number of hydrogen-bond donors (Lipinski definition) is 3. The molecule has 1 aliphatic carbocycles. The highest BCUT2D eigenvalue weighted by Gasteiger charge is 2.36. The van der Waals surface area contributed by atoms with Gasteiger partial charge in [0.05, 0.1) is 18.3 Å². The van der Waals surface area contributed by atoms with E-state index in [-0.39, 0.29) is 30.3 Å². The largest absolute Gasteiger partial charge is 0.486 e. The molecule has 3 aliphatic rings. The Morgan fingerprint density at radius 2 is 2.05 bits per heavy atom. The van der Waals surface area contributed by atoms with Gasteiger partial charge in [-0.1, -0.05) is 12.5 Å². The Balaban J connectivity index is 0.924. The number of anilines is 1. The van der Waals surface area contributed by atoms with Gasteiger partial charge >= 0.3 is 0 Å². The number of aromatic nitrogens is 2. The van der Waals surface area contributed by atoms with Crippen molar-refractivity contribution in [2.45, 2.75) is 51.0 Å². The summed E-state index contributed by atoms with van der Waals surface area (Å²) in [6.45, 7) is 3.83. The summed E-state index contributed by atoms with van der Waals surface area (Å²) >= 11 is 0. The number of aliphatic hydroxyl groups is 1. The van der Waals surface area contributed by atoms with Crippen molar-refractivity contribution in [1.82, 2.24) is 25.1 Å². The quantitative estimate of drug-likeness (QED) is 0.323. The van der Waals surface area contributed by atoms with Crippen LogP contribution in [0.5, 0.6) is 5.75 Å². The molecule has 2 amide bonds. The zero-order chi connectivity index (χ0) is 28.2. The molecule has 41 heavy (non-hydrogen) atoms.